The predicted molar refractivity (Wildman–Crippen MR) is 10.2 cm³/mol. The van der Waals surface area contributed by atoms with E-state index in [1.165, 1.54) is 0 Å². The molecule has 0 atom stereocenters. The van der Waals surface area contributed by atoms with Gasteiger partial charge in [-0.15, -0.1) is 0 Å². The van der Waals surface area contributed by atoms with Crippen LogP contribution in [-0.4, -0.2) is 7.83 Å². The Balaban J connectivity index is 0. The minimum absolute atomic E-state index is 1.00. The van der Waals surface area contributed by atoms with Crippen molar-refractivity contribution in [2.24, 2.45) is 0 Å². The maximum atomic E-state index is 9.53. The van der Waals surface area contributed by atoms with Crippen molar-refractivity contribution in [1.82, 2.24) is 0 Å². The van der Waals surface area contributed by atoms with E-state index in [0.29, 0.717) is 0 Å². The van der Waals surface area contributed by atoms with Gasteiger partial charge in [0.15, 0.2) is 0 Å². The van der Waals surface area contributed by atoms with Crippen LogP contribution in [0.2, 0.25) is 0 Å². The normalized spacial score (nSPS) is 6.00. The van der Waals surface area contributed by atoms with E-state index in [9.17, 15) is 15.7 Å². The third-order valence-corrected chi connectivity index (χ3v) is 0. The minimum atomic E-state index is -1.19. The molecule has 0 unspecified atom stereocenters. The van der Waals surface area contributed by atoms with Crippen LogP contribution in [0.25, 0.3) is 0 Å². The van der Waals surface area contributed by atoms with Crippen molar-refractivity contribution in [3.05, 3.63) is 0 Å². The zero-order valence-electron chi connectivity index (χ0n) is 2.39. The zero-order valence-corrected chi connectivity index (χ0v) is 3.33. The first-order valence-corrected chi connectivity index (χ1v) is 1.38. The van der Waals surface area contributed by atoms with Crippen molar-refractivity contribution in [2.45, 2.75) is 0 Å². The van der Waals surface area contributed by atoms with Crippen molar-refractivity contribution in [2.75, 3.05) is 0 Å². The van der Waals surface area contributed by atoms with Crippen LogP contribution >= 0.6 is 0 Å². The molecule has 0 aliphatic rings. The van der Waals surface area contributed by atoms with Gasteiger partial charge in [-0.3, -0.25) is 8.63 Å². The Morgan fingerprint density at radius 3 is 1.17 bits per heavy atom. The van der Waals surface area contributed by atoms with Crippen molar-refractivity contribution in [1.29, 1.82) is 0 Å². The first kappa shape index (κ1) is 9.57. The van der Waals surface area contributed by atoms with Crippen LogP contribution in [-0.2, 0) is 15.9 Å². The van der Waals surface area contributed by atoms with Gasteiger partial charge in [-0.1, -0.05) is 0 Å². The second-order valence-electron chi connectivity index (χ2n) is 0.126. The van der Waals surface area contributed by atoms with Crippen molar-refractivity contribution in [3.63, 3.8) is 0 Å². The van der Waals surface area contributed by atoms with Crippen LogP contribution in [0.4, 0.5) is 15.7 Å². The number of hydrogen-bond acceptors (Lipinski definition) is 0. The fourth-order valence-corrected chi connectivity index (χ4v) is 0. The second kappa shape index (κ2) is 18.5. The van der Waals surface area contributed by atoms with Gasteiger partial charge in [0.25, 0.3) is 0 Å². The third-order valence-electron chi connectivity index (χ3n) is 0. The summed E-state index contributed by atoms with van der Waals surface area (Å²) in [6.07, 6.45) is 0. The Hall–Kier alpha value is 0.304. The van der Waals surface area contributed by atoms with Gasteiger partial charge >= 0.3 is 30.8 Å². The number of rotatable bonds is 0. The summed E-state index contributed by atoms with van der Waals surface area (Å²) in [5, 5.41) is 0. The summed E-state index contributed by atoms with van der Waals surface area (Å²) in [5.41, 5.74) is 0. The van der Waals surface area contributed by atoms with Gasteiger partial charge < -0.3 is 0 Å². The van der Waals surface area contributed by atoms with Gasteiger partial charge in [-0.2, -0.15) is 0 Å². The number of halogens is 4. The molecule has 6 heavy (non-hydrogen) atoms. The van der Waals surface area contributed by atoms with Gasteiger partial charge in [-0.25, -0.2) is 0 Å². The molecule has 0 aromatic heterocycles. The van der Waals surface area contributed by atoms with Gasteiger partial charge in [0.1, 0.15) is 0 Å². The molecule has 0 saturated carbocycles. The van der Waals surface area contributed by atoms with Crippen molar-refractivity contribution < 1.29 is 31.6 Å². The molecule has 0 N–H and O–H groups in total. The fourth-order valence-electron chi connectivity index (χ4n) is 0. The molecule has 0 spiro atoms. The topological polar surface area (TPSA) is 0 Å². The summed E-state index contributed by atoms with van der Waals surface area (Å²) < 4.78 is 38.1. The maximum absolute atomic E-state index is 9.53. The molecule has 1 radical (unpaired) electrons. The summed E-state index contributed by atoms with van der Waals surface area (Å²) in [7, 11) is -1.00. The van der Waals surface area contributed by atoms with E-state index in [-0.39, 0.29) is 0 Å². The first-order valence-electron chi connectivity index (χ1n) is 0.664. The molecule has 0 aromatic rings. The van der Waals surface area contributed by atoms with E-state index in [1.807, 2.05) is 0 Å². The molecule has 0 heterocycles. The molecular formula is BCuF4. The average Bonchev–Trinajstić information content (AvgIpc) is 1.39. The van der Waals surface area contributed by atoms with E-state index in [2.05, 4.69) is 0 Å². The molecule has 0 aliphatic carbocycles. The van der Waals surface area contributed by atoms with Crippen LogP contribution < -0.4 is 0 Å². The molecule has 42 valence electrons. The molecule has 0 bridgehead atoms. The van der Waals surface area contributed by atoms with Gasteiger partial charge in [0.05, 0.1) is 0 Å². The van der Waals surface area contributed by atoms with Crippen LogP contribution in [0.1, 0.15) is 0 Å². The van der Waals surface area contributed by atoms with Crippen LogP contribution in [0.5, 0.6) is 0 Å². The van der Waals surface area contributed by atoms with Gasteiger partial charge in [0, 0.05) is 0 Å². The quantitative estimate of drug-likeness (QED) is 0.361. The molecule has 0 rings (SSSR count). The Morgan fingerprint density at radius 1 is 1.17 bits per heavy atom. The summed E-state index contributed by atoms with van der Waals surface area (Å²) >= 11 is -1.19. The van der Waals surface area contributed by atoms with E-state index in [0.717, 1.165) is 0 Å². The fraction of sp³-hybridized carbons (Fsp3) is 0. The SMILES string of the molecule is F[B]F.[F][Cu][F]. The molecule has 0 aromatic carbocycles. The van der Waals surface area contributed by atoms with E-state index in [1.54, 1.807) is 0 Å². The monoisotopic (exact) mass is 150 g/mol. The molecule has 0 nitrogen and oxygen atoms in total. The molecule has 0 aliphatic heterocycles. The Bertz CT molecular complexity index is 9.51. The van der Waals surface area contributed by atoms with Crippen LogP contribution in [0.3, 0.4) is 0 Å². The van der Waals surface area contributed by atoms with E-state index < -0.39 is 23.7 Å². The summed E-state index contributed by atoms with van der Waals surface area (Å²) in [4.78, 5) is 0. The molecule has 0 fully saturated rings. The van der Waals surface area contributed by atoms with Crippen molar-refractivity contribution >= 4 is 7.83 Å². The molecule has 0 amide bonds. The third kappa shape index (κ3) is 507. The Kier molecular flexibility index (Phi) is 29.5. The average molecular weight is 150 g/mol. The predicted octanol–water partition coefficient (Wildman–Crippen LogP) is 1.30. The Morgan fingerprint density at radius 2 is 1.17 bits per heavy atom. The molecule has 0 saturated heterocycles. The first-order chi connectivity index (χ1) is 2.83. The summed E-state index contributed by atoms with van der Waals surface area (Å²) in [6.45, 7) is 0. The molecular weight excluding hydrogens is 150 g/mol. The van der Waals surface area contributed by atoms with Crippen molar-refractivity contribution in [3.8, 4) is 0 Å². The van der Waals surface area contributed by atoms with E-state index >= 15 is 0 Å². The van der Waals surface area contributed by atoms with Crippen LogP contribution in [0, 0.1) is 0 Å². The summed E-state index contributed by atoms with van der Waals surface area (Å²) in [5.74, 6) is 0. The van der Waals surface area contributed by atoms with E-state index in [4.69, 9.17) is 0 Å². The second-order valence-corrected chi connectivity index (χ2v) is 0.260. The van der Waals surface area contributed by atoms with Gasteiger partial charge in [0.2, 0.25) is 0 Å². The Labute approximate surface area is 40.3 Å². The summed E-state index contributed by atoms with van der Waals surface area (Å²) in [6, 6.07) is 0. The van der Waals surface area contributed by atoms with Crippen LogP contribution in [0.15, 0.2) is 0 Å². The number of hydrogen-bond donors (Lipinski definition) is 0. The molecule has 6 heteroatoms. The van der Waals surface area contributed by atoms with Gasteiger partial charge in [-0.05, 0) is 0 Å². The zero-order chi connectivity index (χ0) is 5.41. The standard InChI is InChI=1S/BF2.Cu.2FH/c2-1-3;;;/h;;2*1H/q;+2;;/p-2.